The number of nitrogen functional groups attached to an aromatic ring is 1. The Balaban J connectivity index is 3.19. The van der Waals surface area contributed by atoms with E-state index in [0.29, 0.717) is 5.69 Å². The van der Waals surface area contributed by atoms with Crippen molar-refractivity contribution in [3.8, 4) is 5.75 Å². The van der Waals surface area contributed by atoms with Crippen LogP contribution in [0.2, 0.25) is 0 Å². The smallest absolute Gasteiger partial charge is 0.241 e. The van der Waals surface area contributed by atoms with Gasteiger partial charge in [-0.15, -0.1) is 0 Å². The Morgan fingerprint density at radius 1 is 1.44 bits per heavy atom. The normalized spacial score (nSPS) is 13.4. The average molecular weight is 244 g/mol. The number of primary sulfonamides is 1. The van der Waals surface area contributed by atoms with Crippen molar-refractivity contribution in [2.24, 2.45) is 5.14 Å². The van der Waals surface area contributed by atoms with Gasteiger partial charge in [0.05, 0.1) is 6.10 Å². The number of sulfonamides is 1. The summed E-state index contributed by atoms with van der Waals surface area (Å²) in [5, 5.41) is 5.08. The third kappa shape index (κ3) is 3.11. The lowest BCUT2D eigenvalue weighted by molar-refractivity contribution is 0.212. The summed E-state index contributed by atoms with van der Waals surface area (Å²) in [6.45, 7) is 3.79. The maximum absolute atomic E-state index is 11.3. The number of anilines is 1. The molecule has 1 rings (SSSR count). The fraction of sp³-hybridized carbons (Fsp3) is 0.400. The molecule has 0 fully saturated rings. The van der Waals surface area contributed by atoms with Crippen LogP contribution in [0.25, 0.3) is 0 Å². The van der Waals surface area contributed by atoms with Gasteiger partial charge in [0.25, 0.3) is 0 Å². The van der Waals surface area contributed by atoms with E-state index in [1.165, 1.54) is 12.1 Å². The predicted octanol–water partition coefficient (Wildman–Crippen LogP) is 1.09. The minimum Gasteiger partial charge on any atom is -0.489 e. The molecular weight excluding hydrogens is 228 g/mol. The highest BCUT2D eigenvalue weighted by Crippen LogP contribution is 2.26. The molecule has 0 spiro atoms. The van der Waals surface area contributed by atoms with E-state index < -0.39 is 10.0 Å². The maximum atomic E-state index is 11.3. The highest BCUT2D eigenvalue weighted by Gasteiger charge is 2.16. The van der Waals surface area contributed by atoms with Gasteiger partial charge in [-0.25, -0.2) is 13.6 Å². The van der Waals surface area contributed by atoms with Gasteiger partial charge in [0.15, 0.2) is 0 Å². The fourth-order valence-electron chi connectivity index (χ4n) is 1.14. The van der Waals surface area contributed by atoms with E-state index >= 15 is 0 Å². The predicted molar refractivity (Wildman–Crippen MR) is 62.6 cm³/mol. The van der Waals surface area contributed by atoms with Crippen LogP contribution in [-0.4, -0.2) is 14.5 Å². The molecule has 0 aliphatic carbocycles. The van der Waals surface area contributed by atoms with E-state index in [4.69, 9.17) is 15.6 Å². The molecule has 0 aromatic heterocycles. The lowest BCUT2D eigenvalue weighted by Crippen LogP contribution is -2.17. The van der Waals surface area contributed by atoms with Crippen molar-refractivity contribution in [2.45, 2.75) is 31.3 Å². The number of ether oxygens (including phenoxy) is 1. The standard InChI is InChI=1S/C10H16N2O3S/c1-3-7(2)15-9-5-4-8(11)6-10(9)16(12,13)14/h4-7H,3,11H2,1-2H3,(H2,12,13,14). The second-order valence-corrected chi connectivity index (χ2v) is 5.12. The van der Waals surface area contributed by atoms with Gasteiger partial charge in [0, 0.05) is 5.69 Å². The second-order valence-electron chi connectivity index (χ2n) is 3.59. The van der Waals surface area contributed by atoms with Crippen LogP contribution in [0.4, 0.5) is 5.69 Å². The van der Waals surface area contributed by atoms with Crippen LogP contribution in [0.15, 0.2) is 23.1 Å². The minimum atomic E-state index is -3.81. The number of hydrogen-bond acceptors (Lipinski definition) is 4. The van der Waals surface area contributed by atoms with Crippen molar-refractivity contribution in [3.05, 3.63) is 18.2 Å². The van der Waals surface area contributed by atoms with Crippen LogP contribution in [-0.2, 0) is 10.0 Å². The SMILES string of the molecule is CCC(C)Oc1ccc(N)cc1S(N)(=O)=O. The van der Waals surface area contributed by atoms with E-state index in [9.17, 15) is 8.42 Å². The molecule has 4 N–H and O–H groups in total. The van der Waals surface area contributed by atoms with Crippen LogP contribution in [0.3, 0.4) is 0 Å². The molecule has 1 unspecified atom stereocenters. The largest absolute Gasteiger partial charge is 0.489 e. The Bertz CT molecular complexity index is 471. The monoisotopic (exact) mass is 244 g/mol. The Labute approximate surface area is 95.4 Å². The lowest BCUT2D eigenvalue weighted by atomic mass is 10.3. The molecule has 6 heteroatoms. The first kappa shape index (κ1) is 12.8. The van der Waals surface area contributed by atoms with Crippen molar-refractivity contribution < 1.29 is 13.2 Å². The van der Waals surface area contributed by atoms with Gasteiger partial charge in [-0.2, -0.15) is 0 Å². The molecule has 1 aromatic carbocycles. The zero-order valence-corrected chi connectivity index (χ0v) is 10.1. The van der Waals surface area contributed by atoms with Gasteiger partial charge in [-0.05, 0) is 31.5 Å². The molecule has 0 bridgehead atoms. The van der Waals surface area contributed by atoms with Crippen molar-refractivity contribution in [3.63, 3.8) is 0 Å². The molecular formula is C10H16N2O3S. The van der Waals surface area contributed by atoms with E-state index in [-0.39, 0.29) is 16.7 Å². The molecule has 1 atom stereocenters. The topological polar surface area (TPSA) is 95.4 Å². The molecule has 0 radical (unpaired) electrons. The minimum absolute atomic E-state index is 0.0761. The van der Waals surface area contributed by atoms with Gasteiger partial charge in [0.2, 0.25) is 10.0 Å². The lowest BCUT2D eigenvalue weighted by Gasteiger charge is -2.15. The summed E-state index contributed by atoms with van der Waals surface area (Å²) < 4.78 is 28.1. The maximum Gasteiger partial charge on any atom is 0.241 e. The van der Waals surface area contributed by atoms with Gasteiger partial charge in [-0.3, -0.25) is 0 Å². The van der Waals surface area contributed by atoms with Gasteiger partial charge >= 0.3 is 0 Å². The Kier molecular flexibility index (Phi) is 3.77. The molecule has 90 valence electrons. The molecule has 0 saturated carbocycles. The summed E-state index contributed by atoms with van der Waals surface area (Å²) in [5.74, 6) is 0.242. The highest BCUT2D eigenvalue weighted by molar-refractivity contribution is 7.89. The van der Waals surface area contributed by atoms with Crippen LogP contribution in [0.1, 0.15) is 20.3 Å². The number of benzene rings is 1. The number of hydrogen-bond donors (Lipinski definition) is 2. The molecule has 0 aliphatic heterocycles. The van der Waals surface area contributed by atoms with Gasteiger partial charge in [0.1, 0.15) is 10.6 Å². The third-order valence-corrected chi connectivity index (χ3v) is 3.11. The average Bonchev–Trinajstić information content (AvgIpc) is 2.19. The van der Waals surface area contributed by atoms with Crippen molar-refractivity contribution in [1.29, 1.82) is 0 Å². The van der Waals surface area contributed by atoms with E-state index in [2.05, 4.69) is 0 Å². The Morgan fingerprint density at radius 2 is 2.06 bits per heavy atom. The summed E-state index contributed by atoms with van der Waals surface area (Å²) in [7, 11) is -3.81. The van der Waals surface area contributed by atoms with Gasteiger partial charge < -0.3 is 10.5 Å². The quantitative estimate of drug-likeness (QED) is 0.775. The van der Waals surface area contributed by atoms with Crippen molar-refractivity contribution in [2.75, 3.05) is 5.73 Å². The molecule has 5 nitrogen and oxygen atoms in total. The summed E-state index contributed by atoms with van der Waals surface area (Å²) in [4.78, 5) is -0.0761. The molecule has 0 heterocycles. The van der Waals surface area contributed by atoms with Crippen LogP contribution in [0.5, 0.6) is 5.75 Å². The van der Waals surface area contributed by atoms with E-state index in [1.807, 2.05) is 13.8 Å². The fourth-order valence-corrected chi connectivity index (χ4v) is 1.84. The Hall–Kier alpha value is -1.27. The van der Waals surface area contributed by atoms with Crippen molar-refractivity contribution >= 4 is 15.7 Å². The van der Waals surface area contributed by atoms with E-state index in [1.54, 1.807) is 6.07 Å². The first-order valence-electron chi connectivity index (χ1n) is 4.93. The van der Waals surface area contributed by atoms with Gasteiger partial charge in [-0.1, -0.05) is 6.92 Å². The first-order valence-corrected chi connectivity index (χ1v) is 6.48. The summed E-state index contributed by atoms with van der Waals surface area (Å²) in [5.41, 5.74) is 5.85. The molecule has 0 saturated heterocycles. The first-order chi connectivity index (χ1) is 7.34. The Morgan fingerprint density at radius 3 is 2.56 bits per heavy atom. The second kappa shape index (κ2) is 4.71. The number of nitrogens with two attached hydrogens (primary N) is 2. The molecule has 0 amide bonds. The van der Waals surface area contributed by atoms with Crippen LogP contribution < -0.4 is 15.6 Å². The van der Waals surface area contributed by atoms with E-state index in [0.717, 1.165) is 6.42 Å². The van der Waals surface area contributed by atoms with Crippen LogP contribution in [0, 0.1) is 0 Å². The third-order valence-electron chi connectivity index (χ3n) is 2.18. The zero-order chi connectivity index (χ0) is 12.3. The summed E-state index contributed by atoms with van der Waals surface area (Å²) >= 11 is 0. The highest BCUT2D eigenvalue weighted by atomic mass is 32.2. The van der Waals surface area contributed by atoms with Crippen LogP contribution >= 0.6 is 0 Å². The molecule has 0 aliphatic rings. The molecule has 16 heavy (non-hydrogen) atoms. The zero-order valence-electron chi connectivity index (χ0n) is 9.30. The summed E-state index contributed by atoms with van der Waals surface area (Å²) in [6, 6.07) is 4.39. The number of rotatable bonds is 4. The molecule has 1 aromatic rings. The van der Waals surface area contributed by atoms with Crippen molar-refractivity contribution in [1.82, 2.24) is 0 Å². The summed E-state index contributed by atoms with van der Waals surface area (Å²) in [6.07, 6.45) is 0.693.